The smallest absolute Gasteiger partial charge is 0.338 e. The van der Waals surface area contributed by atoms with Crippen LogP contribution in [0.25, 0.3) is 0 Å². The highest BCUT2D eigenvalue weighted by Crippen LogP contribution is 2.29. The number of methoxy groups -OCH3 is 1. The second kappa shape index (κ2) is 9.36. The maximum Gasteiger partial charge on any atom is 0.338 e. The molecule has 2 rings (SSSR count). The van der Waals surface area contributed by atoms with E-state index in [2.05, 4.69) is 23.9 Å². The standard InChI is InChI=1S/C20H22N2O5S/c1-5-13(3)28-17-6-7-18(12(2)8-17)21-19(23)14-9-15(20(24)27-4)11-16(10-14)22(25)26/h6-11,13H,5H2,1-4H3,(H,21,23). The van der Waals surface area contributed by atoms with Crippen LogP contribution in [0.15, 0.2) is 41.3 Å². The molecule has 8 heteroatoms. The highest BCUT2D eigenvalue weighted by molar-refractivity contribution is 7.99. The molecular weight excluding hydrogens is 380 g/mol. The third-order valence-electron chi connectivity index (χ3n) is 4.17. The van der Waals surface area contributed by atoms with Gasteiger partial charge in [-0.2, -0.15) is 0 Å². The summed E-state index contributed by atoms with van der Waals surface area (Å²) < 4.78 is 4.60. The van der Waals surface area contributed by atoms with Gasteiger partial charge in [-0.1, -0.05) is 13.8 Å². The fourth-order valence-corrected chi connectivity index (χ4v) is 3.47. The van der Waals surface area contributed by atoms with Gasteiger partial charge in [0.25, 0.3) is 11.6 Å². The van der Waals surface area contributed by atoms with Crippen molar-refractivity contribution in [2.24, 2.45) is 0 Å². The van der Waals surface area contributed by atoms with E-state index in [1.54, 1.807) is 17.8 Å². The number of non-ortho nitro benzene ring substituents is 1. The number of nitro benzene ring substituents is 1. The first-order valence-corrected chi connectivity index (χ1v) is 9.59. The number of hydrogen-bond donors (Lipinski definition) is 1. The van der Waals surface area contributed by atoms with Gasteiger partial charge in [-0.3, -0.25) is 14.9 Å². The van der Waals surface area contributed by atoms with Gasteiger partial charge in [-0.05, 0) is 43.2 Å². The Bertz CT molecular complexity index is 913. The van der Waals surface area contributed by atoms with Gasteiger partial charge < -0.3 is 10.1 Å². The first-order chi connectivity index (χ1) is 13.2. The van der Waals surface area contributed by atoms with E-state index in [1.807, 2.05) is 19.1 Å². The van der Waals surface area contributed by atoms with Crippen molar-refractivity contribution >= 4 is 35.0 Å². The zero-order chi connectivity index (χ0) is 20.8. The lowest BCUT2D eigenvalue weighted by atomic mass is 10.1. The van der Waals surface area contributed by atoms with Crippen molar-refractivity contribution in [3.05, 3.63) is 63.2 Å². The van der Waals surface area contributed by atoms with E-state index in [9.17, 15) is 19.7 Å². The fraction of sp³-hybridized carbons (Fsp3) is 0.300. The van der Waals surface area contributed by atoms with E-state index in [0.29, 0.717) is 10.9 Å². The second-order valence-electron chi connectivity index (χ2n) is 6.28. The summed E-state index contributed by atoms with van der Waals surface area (Å²) in [6.07, 6.45) is 1.05. The van der Waals surface area contributed by atoms with E-state index < -0.39 is 16.8 Å². The minimum Gasteiger partial charge on any atom is -0.465 e. The Kier molecular flexibility index (Phi) is 7.17. The molecule has 0 radical (unpaired) electrons. The number of nitrogens with zero attached hydrogens (tertiary/aromatic N) is 1. The number of amides is 1. The lowest BCUT2D eigenvalue weighted by Gasteiger charge is -2.13. The van der Waals surface area contributed by atoms with Crippen molar-refractivity contribution in [2.45, 2.75) is 37.3 Å². The van der Waals surface area contributed by atoms with E-state index in [-0.39, 0.29) is 16.8 Å². The van der Waals surface area contributed by atoms with E-state index in [1.165, 1.54) is 13.2 Å². The van der Waals surface area contributed by atoms with Crippen molar-refractivity contribution in [2.75, 3.05) is 12.4 Å². The molecule has 148 valence electrons. The van der Waals surface area contributed by atoms with Crippen LogP contribution < -0.4 is 5.32 Å². The van der Waals surface area contributed by atoms with Crippen LogP contribution in [0.4, 0.5) is 11.4 Å². The van der Waals surface area contributed by atoms with Gasteiger partial charge in [0.15, 0.2) is 0 Å². The zero-order valence-electron chi connectivity index (χ0n) is 16.1. The largest absolute Gasteiger partial charge is 0.465 e. The highest BCUT2D eigenvalue weighted by atomic mass is 32.2. The number of nitrogens with one attached hydrogen (secondary N) is 1. The molecule has 0 heterocycles. The summed E-state index contributed by atoms with van der Waals surface area (Å²) in [7, 11) is 1.17. The minimum atomic E-state index is -0.750. The molecule has 1 unspecified atom stereocenters. The predicted octanol–water partition coefficient (Wildman–Crippen LogP) is 4.83. The summed E-state index contributed by atoms with van der Waals surface area (Å²) in [4.78, 5) is 35.9. The number of benzene rings is 2. The zero-order valence-corrected chi connectivity index (χ0v) is 17.0. The number of hydrogen-bond acceptors (Lipinski definition) is 6. The number of rotatable bonds is 7. The van der Waals surface area contributed by atoms with Gasteiger partial charge >= 0.3 is 5.97 Å². The van der Waals surface area contributed by atoms with Crippen LogP contribution in [0.5, 0.6) is 0 Å². The molecule has 1 amide bonds. The molecule has 0 aliphatic heterocycles. The van der Waals surface area contributed by atoms with Gasteiger partial charge in [-0.15, -0.1) is 11.8 Å². The van der Waals surface area contributed by atoms with Crippen molar-refractivity contribution in [3.8, 4) is 0 Å². The number of carbonyl (C=O) groups is 2. The Morgan fingerprint density at radius 3 is 2.46 bits per heavy atom. The van der Waals surface area contributed by atoms with Crippen LogP contribution in [0, 0.1) is 17.0 Å². The molecule has 28 heavy (non-hydrogen) atoms. The number of esters is 1. The molecule has 0 aliphatic carbocycles. The number of thioether (sulfide) groups is 1. The molecule has 0 spiro atoms. The Hall–Kier alpha value is -2.87. The van der Waals surface area contributed by atoms with Crippen molar-refractivity contribution in [3.63, 3.8) is 0 Å². The molecule has 0 saturated heterocycles. The SMILES string of the molecule is CCC(C)Sc1ccc(NC(=O)c2cc(C(=O)OC)cc([N+](=O)[O-])c2)c(C)c1. The van der Waals surface area contributed by atoms with Gasteiger partial charge in [0.1, 0.15) is 0 Å². The maximum atomic E-state index is 12.6. The lowest BCUT2D eigenvalue weighted by molar-refractivity contribution is -0.384. The molecule has 0 bridgehead atoms. The second-order valence-corrected chi connectivity index (χ2v) is 7.80. The Labute approximate surface area is 167 Å². The molecule has 1 N–H and O–H groups in total. The number of carbonyl (C=O) groups excluding carboxylic acids is 2. The average Bonchev–Trinajstić information content (AvgIpc) is 2.68. The average molecular weight is 402 g/mol. The van der Waals surface area contributed by atoms with E-state index in [4.69, 9.17) is 0 Å². The first-order valence-electron chi connectivity index (χ1n) is 8.71. The molecular formula is C20H22N2O5S. The minimum absolute atomic E-state index is 0.00653. The van der Waals surface area contributed by atoms with Crippen molar-refractivity contribution in [1.29, 1.82) is 0 Å². The van der Waals surface area contributed by atoms with Crippen LogP contribution in [0.3, 0.4) is 0 Å². The van der Waals surface area contributed by atoms with Crippen LogP contribution in [0.2, 0.25) is 0 Å². The van der Waals surface area contributed by atoms with Crippen LogP contribution >= 0.6 is 11.8 Å². The first kappa shape index (κ1) is 21.4. The number of aryl methyl sites for hydroxylation is 1. The summed E-state index contributed by atoms with van der Waals surface area (Å²) >= 11 is 1.76. The normalized spacial score (nSPS) is 11.6. The van der Waals surface area contributed by atoms with Crippen molar-refractivity contribution in [1.82, 2.24) is 0 Å². The lowest BCUT2D eigenvalue weighted by Crippen LogP contribution is -2.14. The Balaban J connectivity index is 2.28. The molecule has 0 aliphatic rings. The highest BCUT2D eigenvalue weighted by Gasteiger charge is 2.19. The summed E-state index contributed by atoms with van der Waals surface area (Å²) in [6, 6.07) is 9.19. The van der Waals surface area contributed by atoms with E-state index in [0.717, 1.165) is 29.0 Å². The fourth-order valence-electron chi connectivity index (χ4n) is 2.44. The van der Waals surface area contributed by atoms with Crippen LogP contribution in [0.1, 0.15) is 46.5 Å². The quantitative estimate of drug-likeness (QED) is 0.308. The number of anilines is 1. The van der Waals surface area contributed by atoms with Crippen molar-refractivity contribution < 1.29 is 19.2 Å². The third-order valence-corrected chi connectivity index (χ3v) is 5.43. The molecule has 2 aromatic carbocycles. The predicted molar refractivity (Wildman–Crippen MR) is 109 cm³/mol. The monoisotopic (exact) mass is 402 g/mol. The third kappa shape index (κ3) is 5.32. The van der Waals surface area contributed by atoms with Gasteiger partial charge in [-0.25, -0.2) is 4.79 Å². The summed E-state index contributed by atoms with van der Waals surface area (Å²) in [5, 5.41) is 14.4. The number of nitro groups is 1. The number of ether oxygens (including phenoxy) is 1. The van der Waals surface area contributed by atoms with Gasteiger partial charge in [0.05, 0.1) is 17.6 Å². The van der Waals surface area contributed by atoms with Gasteiger partial charge in [0, 0.05) is 33.5 Å². The van der Waals surface area contributed by atoms with Crippen LogP contribution in [-0.2, 0) is 4.74 Å². The molecule has 0 aromatic heterocycles. The van der Waals surface area contributed by atoms with E-state index >= 15 is 0 Å². The molecule has 1 atom stereocenters. The van der Waals surface area contributed by atoms with Gasteiger partial charge in [0.2, 0.25) is 0 Å². The molecule has 7 nitrogen and oxygen atoms in total. The molecule has 2 aromatic rings. The Morgan fingerprint density at radius 1 is 1.21 bits per heavy atom. The van der Waals surface area contributed by atoms with Crippen LogP contribution in [-0.4, -0.2) is 29.2 Å². The molecule has 0 saturated carbocycles. The summed E-state index contributed by atoms with van der Waals surface area (Å²) in [5.41, 5.74) is 1.07. The Morgan fingerprint density at radius 2 is 1.89 bits per heavy atom. The summed E-state index contributed by atoms with van der Waals surface area (Å²) in [6.45, 7) is 6.15. The summed E-state index contributed by atoms with van der Waals surface area (Å²) in [5.74, 6) is -1.29. The topological polar surface area (TPSA) is 98.5 Å². The maximum absolute atomic E-state index is 12.6. The molecule has 0 fully saturated rings.